The molecule has 6 heteroatoms. The Kier molecular flexibility index (Phi) is 5.21. The van der Waals surface area contributed by atoms with Gasteiger partial charge in [0.2, 0.25) is 0 Å². The fourth-order valence-corrected chi connectivity index (χ4v) is 4.08. The van der Waals surface area contributed by atoms with Gasteiger partial charge in [-0.25, -0.2) is 4.98 Å². The molecule has 142 valence electrons. The fraction of sp³-hybridized carbons (Fsp3) is 0.227. The highest BCUT2D eigenvalue weighted by molar-refractivity contribution is 7.18. The second kappa shape index (κ2) is 7.94. The minimum Gasteiger partial charge on any atom is -0.402 e. The summed E-state index contributed by atoms with van der Waals surface area (Å²) in [5, 5.41) is 9.38. The van der Waals surface area contributed by atoms with Crippen molar-refractivity contribution in [3.63, 3.8) is 0 Å². The molecule has 0 radical (unpaired) electrons. The molecule has 0 bridgehead atoms. The first kappa shape index (κ1) is 18.4. The summed E-state index contributed by atoms with van der Waals surface area (Å²) < 4.78 is 5.89. The summed E-state index contributed by atoms with van der Waals surface area (Å²) in [6.45, 7) is 7.79. The van der Waals surface area contributed by atoms with Crippen molar-refractivity contribution in [1.29, 1.82) is 0 Å². The van der Waals surface area contributed by atoms with Crippen molar-refractivity contribution in [3.05, 3.63) is 60.3 Å². The highest BCUT2D eigenvalue weighted by Crippen LogP contribution is 2.36. The van der Waals surface area contributed by atoms with E-state index in [2.05, 4.69) is 72.6 Å². The van der Waals surface area contributed by atoms with Gasteiger partial charge in [0.05, 0.1) is 5.69 Å². The van der Waals surface area contributed by atoms with Crippen molar-refractivity contribution < 1.29 is 4.42 Å². The number of benzene rings is 2. The Bertz CT molecular complexity index is 1050. The Balaban J connectivity index is 1.61. The smallest absolute Gasteiger partial charge is 0.318 e. The van der Waals surface area contributed by atoms with Crippen molar-refractivity contribution in [3.8, 4) is 32.5 Å². The number of thiazole rings is 1. The molecule has 0 aliphatic rings. The van der Waals surface area contributed by atoms with Crippen LogP contribution in [-0.2, 0) is 0 Å². The lowest BCUT2D eigenvalue weighted by Crippen LogP contribution is -2.21. The minimum absolute atomic E-state index is 0.532. The second-order valence-electron chi connectivity index (χ2n) is 6.44. The molecule has 2 aromatic heterocycles. The zero-order valence-electron chi connectivity index (χ0n) is 16.2. The van der Waals surface area contributed by atoms with E-state index in [0.29, 0.717) is 11.9 Å². The maximum atomic E-state index is 5.89. The lowest BCUT2D eigenvalue weighted by atomic mass is 10.0. The van der Waals surface area contributed by atoms with Crippen molar-refractivity contribution in [1.82, 2.24) is 15.2 Å². The third-order valence-electron chi connectivity index (χ3n) is 4.68. The van der Waals surface area contributed by atoms with E-state index in [4.69, 9.17) is 9.40 Å². The van der Waals surface area contributed by atoms with Crippen molar-refractivity contribution in [2.24, 2.45) is 0 Å². The van der Waals surface area contributed by atoms with Crippen LogP contribution in [0, 0.1) is 6.92 Å². The van der Waals surface area contributed by atoms with Crippen LogP contribution in [0.3, 0.4) is 0 Å². The van der Waals surface area contributed by atoms with E-state index in [9.17, 15) is 0 Å². The molecule has 0 saturated heterocycles. The molecule has 0 atom stereocenters. The third kappa shape index (κ3) is 3.55. The average molecular weight is 391 g/mol. The molecule has 28 heavy (non-hydrogen) atoms. The highest BCUT2D eigenvalue weighted by atomic mass is 32.1. The predicted molar refractivity (Wildman–Crippen MR) is 115 cm³/mol. The Labute approximate surface area is 168 Å². The summed E-state index contributed by atoms with van der Waals surface area (Å²) in [6.07, 6.45) is 0. The van der Waals surface area contributed by atoms with Gasteiger partial charge in [0.1, 0.15) is 9.88 Å². The van der Waals surface area contributed by atoms with Crippen LogP contribution in [-0.4, -0.2) is 28.3 Å². The molecule has 0 aliphatic carbocycles. The summed E-state index contributed by atoms with van der Waals surface area (Å²) in [6, 6.07) is 19.4. The molecule has 0 unspecified atom stereocenters. The Morgan fingerprint density at radius 1 is 0.857 bits per heavy atom. The van der Waals surface area contributed by atoms with Gasteiger partial charge < -0.3 is 9.32 Å². The molecular formula is C22H22N4OS. The van der Waals surface area contributed by atoms with Gasteiger partial charge in [0.25, 0.3) is 5.89 Å². The SMILES string of the molecule is CCN(CC)c1nnc(-c2sc(-c3ccc(-c4ccccc4)cc3)nc2C)o1. The summed E-state index contributed by atoms with van der Waals surface area (Å²) in [5.41, 5.74) is 4.39. The van der Waals surface area contributed by atoms with Gasteiger partial charge in [-0.05, 0) is 31.9 Å². The standard InChI is InChI=1S/C22H22N4OS/c1-4-26(5-2)22-25-24-20(27-22)19-15(3)23-21(28-19)18-13-11-17(12-14-18)16-9-7-6-8-10-16/h6-14H,4-5H2,1-3H3. The molecule has 0 amide bonds. The van der Waals surface area contributed by atoms with Crippen LogP contribution in [0.5, 0.6) is 0 Å². The molecule has 0 fully saturated rings. The maximum Gasteiger partial charge on any atom is 0.318 e. The molecule has 0 saturated carbocycles. The van der Waals surface area contributed by atoms with Crippen LogP contribution < -0.4 is 4.90 Å². The van der Waals surface area contributed by atoms with Gasteiger partial charge in [-0.2, -0.15) is 0 Å². The number of hydrogen-bond donors (Lipinski definition) is 0. The third-order valence-corrected chi connectivity index (χ3v) is 5.87. The van der Waals surface area contributed by atoms with E-state index < -0.39 is 0 Å². The fourth-order valence-electron chi connectivity index (χ4n) is 3.08. The van der Waals surface area contributed by atoms with Crippen LogP contribution in [0.4, 0.5) is 6.01 Å². The maximum absolute atomic E-state index is 5.89. The van der Waals surface area contributed by atoms with Gasteiger partial charge in [-0.1, -0.05) is 59.7 Å². The van der Waals surface area contributed by atoms with Gasteiger partial charge in [0, 0.05) is 18.7 Å². The minimum atomic E-state index is 0.532. The number of anilines is 1. The molecule has 5 nitrogen and oxygen atoms in total. The first-order valence-electron chi connectivity index (χ1n) is 9.41. The van der Waals surface area contributed by atoms with Crippen LogP contribution >= 0.6 is 11.3 Å². The zero-order valence-corrected chi connectivity index (χ0v) is 17.0. The lowest BCUT2D eigenvalue weighted by Gasteiger charge is -2.13. The van der Waals surface area contributed by atoms with Gasteiger partial charge in [-0.3, -0.25) is 0 Å². The largest absolute Gasteiger partial charge is 0.402 e. The van der Waals surface area contributed by atoms with Crippen LogP contribution in [0.2, 0.25) is 0 Å². The van der Waals surface area contributed by atoms with Crippen molar-refractivity contribution >= 4 is 17.4 Å². The van der Waals surface area contributed by atoms with E-state index >= 15 is 0 Å². The Hall–Kier alpha value is -2.99. The van der Waals surface area contributed by atoms with Gasteiger partial charge in [0.15, 0.2) is 0 Å². The molecule has 0 aliphatic heterocycles. The normalized spacial score (nSPS) is 11.0. The van der Waals surface area contributed by atoms with Crippen molar-refractivity contribution in [2.45, 2.75) is 20.8 Å². The van der Waals surface area contributed by atoms with Crippen LogP contribution in [0.1, 0.15) is 19.5 Å². The molecule has 0 spiro atoms. The predicted octanol–water partition coefficient (Wildman–Crippen LogP) is 5.68. The first-order chi connectivity index (χ1) is 13.7. The number of hydrogen-bond acceptors (Lipinski definition) is 6. The summed E-state index contributed by atoms with van der Waals surface area (Å²) in [5.74, 6) is 0.532. The van der Waals surface area contributed by atoms with E-state index in [-0.39, 0.29) is 0 Å². The van der Waals surface area contributed by atoms with E-state index in [1.807, 2.05) is 17.9 Å². The number of aromatic nitrogens is 3. The Morgan fingerprint density at radius 3 is 2.18 bits per heavy atom. The van der Waals surface area contributed by atoms with Crippen LogP contribution in [0.25, 0.3) is 32.5 Å². The lowest BCUT2D eigenvalue weighted by molar-refractivity contribution is 0.550. The van der Waals surface area contributed by atoms with Crippen molar-refractivity contribution in [2.75, 3.05) is 18.0 Å². The molecular weight excluding hydrogens is 368 g/mol. The van der Waals surface area contributed by atoms with E-state index in [1.54, 1.807) is 11.3 Å². The molecule has 0 N–H and O–H groups in total. The second-order valence-corrected chi connectivity index (χ2v) is 7.44. The number of nitrogens with zero attached hydrogens (tertiary/aromatic N) is 4. The summed E-state index contributed by atoms with van der Waals surface area (Å²) in [7, 11) is 0. The molecule has 4 rings (SSSR count). The Morgan fingerprint density at radius 2 is 1.50 bits per heavy atom. The zero-order chi connectivity index (χ0) is 19.5. The monoisotopic (exact) mass is 390 g/mol. The molecule has 4 aromatic rings. The van der Waals surface area contributed by atoms with Gasteiger partial charge in [-0.15, -0.1) is 16.4 Å². The molecule has 2 heterocycles. The molecule has 2 aromatic carbocycles. The van der Waals surface area contributed by atoms with Gasteiger partial charge >= 0.3 is 6.01 Å². The van der Waals surface area contributed by atoms with Crippen LogP contribution in [0.15, 0.2) is 59.0 Å². The highest BCUT2D eigenvalue weighted by Gasteiger charge is 2.18. The van der Waals surface area contributed by atoms with E-state index in [0.717, 1.165) is 34.2 Å². The summed E-state index contributed by atoms with van der Waals surface area (Å²) in [4.78, 5) is 7.69. The van der Waals surface area contributed by atoms with E-state index in [1.165, 1.54) is 11.1 Å². The topological polar surface area (TPSA) is 55.1 Å². The summed E-state index contributed by atoms with van der Waals surface area (Å²) >= 11 is 1.58. The number of rotatable bonds is 6. The number of aryl methyl sites for hydroxylation is 1. The average Bonchev–Trinajstić information content (AvgIpc) is 3.37. The first-order valence-corrected chi connectivity index (χ1v) is 10.2. The quantitative estimate of drug-likeness (QED) is 0.424.